The summed E-state index contributed by atoms with van der Waals surface area (Å²) < 4.78 is 0. The number of hydrogen-bond donors (Lipinski definition) is 1. The van der Waals surface area contributed by atoms with Gasteiger partial charge in [-0.15, -0.1) is 5.06 Å². The van der Waals surface area contributed by atoms with Crippen molar-refractivity contribution in [2.24, 2.45) is 17.8 Å². The van der Waals surface area contributed by atoms with Gasteiger partial charge in [-0.3, -0.25) is 24.5 Å². The van der Waals surface area contributed by atoms with Crippen LogP contribution in [0, 0.1) is 17.8 Å². The zero-order valence-electron chi connectivity index (χ0n) is 14.6. The van der Waals surface area contributed by atoms with Gasteiger partial charge in [0.15, 0.2) is 0 Å². The molecule has 0 radical (unpaired) electrons. The first-order valence-corrected chi connectivity index (χ1v) is 8.76. The summed E-state index contributed by atoms with van der Waals surface area (Å²) >= 11 is 0. The number of rotatable bonds is 8. The molecule has 3 atom stereocenters. The molecule has 0 spiro atoms. The number of carbonyl (C=O) groups excluding carboxylic acids is 5. The Labute approximate surface area is 146 Å². The maximum atomic E-state index is 11.9. The average Bonchev–Trinajstić information content (AvgIpc) is 3.03. The summed E-state index contributed by atoms with van der Waals surface area (Å²) in [7, 11) is 0. The lowest BCUT2D eigenvalue weighted by molar-refractivity contribution is -0.197. The zero-order chi connectivity index (χ0) is 18.6. The van der Waals surface area contributed by atoms with E-state index in [2.05, 4.69) is 5.32 Å². The summed E-state index contributed by atoms with van der Waals surface area (Å²) in [6.07, 6.45) is 2.78. The summed E-state index contributed by atoms with van der Waals surface area (Å²) in [5.74, 6) is -2.57. The molecule has 0 aromatic heterocycles. The normalized spacial score (nSPS) is 24.6. The van der Waals surface area contributed by atoms with Crippen LogP contribution in [0.3, 0.4) is 0 Å². The van der Waals surface area contributed by atoms with Crippen LogP contribution in [0.15, 0.2) is 0 Å². The number of hydrogen-bond acceptors (Lipinski definition) is 6. The molecule has 8 nitrogen and oxygen atoms in total. The highest BCUT2D eigenvalue weighted by atomic mass is 16.7. The van der Waals surface area contributed by atoms with E-state index in [0.29, 0.717) is 30.7 Å². The molecule has 2 rings (SSSR count). The zero-order valence-corrected chi connectivity index (χ0v) is 14.6. The topological polar surface area (TPSA) is 110 Å². The van der Waals surface area contributed by atoms with Gasteiger partial charge in [0.1, 0.15) is 0 Å². The Kier molecular flexibility index (Phi) is 6.27. The summed E-state index contributed by atoms with van der Waals surface area (Å²) in [5.41, 5.74) is 0. The Hall–Kier alpha value is -2.25. The van der Waals surface area contributed by atoms with Crippen molar-refractivity contribution in [2.75, 3.05) is 0 Å². The fourth-order valence-electron chi connectivity index (χ4n) is 3.46. The fourth-order valence-corrected chi connectivity index (χ4v) is 3.46. The van der Waals surface area contributed by atoms with Crippen molar-refractivity contribution in [2.45, 2.75) is 58.8 Å². The molecule has 0 bridgehead atoms. The van der Waals surface area contributed by atoms with Gasteiger partial charge in [0, 0.05) is 25.2 Å². The van der Waals surface area contributed by atoms with E-state index in [1.54, 1.807) is 0 Å². The summed E-state index contributed by atoms with van der Waals surface area (Å²) in [6, 6.07) is 0. The number of unbranched alkanes of at least 4 members (excludes halogenated alkanes) is 1. The first kappa shape index (κ1) is 19.1. The minimum absolute atomic E-state index is 0.0363. The van der Waals surface area contributed by atoms with Gasteiger partial charge < -0.3 is 4.84 Å². The molecule has 4 amide bonds. The van der Waals surface area contributed by atoms with Crippen LogP contribution in [0.5, 0.6) is 0 Å². The molecule has 25 heavy (non-hydrogen) atoms. The monoisotopic (exact) mass is 352 g/mol. The van der Waals surface area contributed by atoms with Crippen molar-refractivity contribution >= 4 is 29.6 Å². The third-order valence-electron chi connectivity index (χ3n) is 4.86. The molecule has 0 aromatic carbocycles. The van der Waals surface area contributed by atoms with Crippen LogP contribution in [-0.2, 0) is 28.8 Å². The molecular weight excluding hydrogens is 328 g/mol. The van der Waals surface area contributed by atoms with Crippen LogP contribution in [0.25, 0.3) is 0 Å². The van der Waals surface area contributed by atoms with Gasteiger partial charge in [-0.25, -0.2) is 4.79 Å². The third-order valence-corrected chi connectivity index (χ3v) is 4.86. The lowest BCUT2D eigenvalue weighted by Gasteiger charge is -2.21. The fraction of sp³-hybridized carbons (Fsp3) is 0.706. The molecule has 8 heteroatoms. The van der Waals surface area contributed by atoms with E-state index in [0.717, 1.165) is 0 Å². The van der Waals surface area contributed by atoms with Crippen LogP contribution in [0.4, 0.5) is 0 Å². The Morgan fingerprint density at radius 3 is 2.40 bits per heavy atom. The van der Waals surface area contributed by atoms with Gasteiger partial charge in [-0.1, -0.05) is 20.3 Å². The van der Waals surface area contributed by atoms with Gasteiger partial charge in [0.2, 0.25) is 11.8 Å². The summed E-state index contributed by atoms with van der Waals surface area (Å²) in [6.45, 7) is 3.82. The second kappa shape index (κ2) is 8.22. The molecular formula is C17H24N2O6. The number of hydroxylamine groups is 2. The quantitative estimate of drug-likeness (QED) is 0.517. The van der Waals surface area contributed by atoms with Crippen molar-refractivity contribution in [1.29, 1.82) is 0 Å². The minimum Gasteiger partial charge on any atom is -0.330 e. The molecule has 3 unspecified atom stereocenters. The number of nitrogens with zero attached hydrogens (tertiary/aromatic N) is 1. The molecule has 2 heterocycles. The highest BCUT2D eigenvalue weighted by molar-refractivity contribution is 6.05. The highest BCUT2D eigenvalue weighted by Gasteiger charge is 2.42. The maximum absolute atomic E-state index is 11.9. The molecule has 2 aliphatic rings. The first-order chi connectivity index (χ1) is 11.8. The van der Waals surface area contributed by atoms with Crippen LogP contribution < -0.4 is 5.32 Å². The third kappa shape index (κ3) is 4.43. The lowest BCUT2D eigenvalue weighted by atomic mass is 9.80. The number of amides is 4. The highest BCUT2D eigenvalue weighted by Crippen LogP contribution is 2.32. The largest absolute Gasteiger partial charge is 0.333 e. The van der Waals surface area contributed by atoms with Crippen LogP contribution in [0.1, 0.15) is 58.8 Å². The Balaban J connectivity index is 1.71. The van der Waals surface area contributed by atoms with Gasteiger partial charge in [-0.05, 0) is 25.2 Å². The molecule has 0 aromatic rings. The Morgan fingerprint density at radius 2 is 1.80 bits per heavy atom. The SMILES string of the molecule is CCC1C(=O)NC(=O)C1C(C)CCCCC(=O)ON1C(=O)CCC1=O. The number of nitrogens with one attached hydrogen (secondary N) is 1. The van der Waals surface area contributed by atoms with Gasteiger partial charge in [0.05, 0.1) is 5.92 Å². The molecule has 138 valence electrons. The second-order valence-corrected chi connectivity index (χ2v) is 6.66. The molecule has 1 N–H and O–H groups in total. The second-order valence-electron chi connectivity index (χ2n) is 6.66. The minimum atomic E-state index is -0.614. The van der Waals surface area contributed by atoms with E-state index in [1.807, 2.05) is 13.8 Å². The lowest BCUT2D eigenvalue weighted by Crippen LogP contribution is -2.32. The smallest absolute Gasteiger partial charge is 0.330 e. The van der Waals surface area contributed by atoms with E-state index in [-0.39, 0.29) is 48.8 Å². The predicted molar refractivity (Wildman–Crippen MR) is 85.2 cm³/mol. The number of imide groups is 2. The summed E-state index contributed by atoms with van der Waals surface area (Å²) in [5, 5.41) is 2.93. The van der Waals surface area contributed by atoms with Crippen molar-refractivity contribution in [3.63, 3.8) is 0 Å². The van der Waals surface area contributed by atoms with Gasteiger partial charge >= 0.3 is 5.97 Å². The van der Waals surface area contributed by atoms with Crippen molar-refractivity contribution in [3.05, 3.63) is 0 Å². The van der Waals surface area contributed by atoms with Crippen molar-refractivity contribution < 1.29 is 28.8 Å². The standard InChI is InChI=1S/C17H24N2O6/c1-3-11-15(17(24)18-16(11)23)10(2)6-4-5-7-14(22)25-19-12(20)8-9-13(19)21/h10-11,15H,3-9H2,1-2H3,(H,18,23,24). The van der Waals surface area contributed by atoms with Crippen molar-refractivity contribution in [3.8, 4) is 0 Å². The first-order valence-electron chi connectivity index (χ1n) is 8.76. The summed E-state index contributed by atoms with van der Waals surface area (Å²) in [4.78, 5) is 62.9. The Bertz CT molecular complexity index is 572. The van der Waals surface area contributed by atoms with Gasteiger partial charge in [-0.2, -0.15) is 0 Å². The van der Waals surface area contributed by atoms with Crippen LogP contribution >= 0.6 is 0 Å². The maximum Gasteiger partial charge on any atom is 0.333 e. The van der Waals surface area contributed by atoms with Crippen LogP contribution in [0.2, 0.25) is 0 Å². The van der Waals surface area contributed by atoms with Crippen molar-refractivity contribution in [1.82, 2.24) is 10.4 Å². The average molecular weight is 352 g/mol. The van der Waals surface area contributed by atoms with E-state index < -0.39 is 17.8 Å². The molecule has 0 aliphatic carbocycles. The van der Waals surface area contributed by atoms with Gasteiger partial charge in [0.25, 0.3) is 11.8 Å². The van der Waals surface area contributed by atoms with E-state index in [1.165, 1.54) is 0 Å². The molecule has 2 aliphatic heterocycles. The van der Waals surface area contributed by atoms with E-state index in [4.69, 9.17) is 4.84 Å². The molecule has 2 fully saturated rings. The molecule has 2 saturated heterocycles. The molecule has 0 saturated carbocycles. The van der Waals surface area contributed by atoms with E-state index in [9.17, 15) is 24.0 Å². The Morgan fingerprint density at radius 1 is 1.16 bits per heavy atom. The number of carbonyl (C=O) groups is 5. The predicted octanol–water partition coefficient (Wildman–Crippen LogP) is 1.09. The van der Waals surface area contributed by atoms with Crippen LogP contribution in [-0.4, -0.2) is 34.7 Å². The van der Waals surface area contributed by atoms with E-state index >= 15 is 0 Å².